The minimum atomic E-state index is -1.02. The molecule has 0 aliphatic heterocycles. The zero-order chi connectivity index (χ0) is 28.7. The van der Waals surface area contributed by atoms with E-state index in [0.29, 0.717) is 36.7 Å². The molecule has 210 valence electrons. The lowest BCUT2D eigenvalue weighted by Crippen LogP contribution is -2.27. The first-order valence-electron chi connectivity index (χ1n) is 13.0. The largest absolute Gasteiger partial charge is 0.493 e. The van der Waals surface area contributed by atoms with Gasteiger partial charge in [-0.25, -0.2) is 9.78 Å². The summed E-state index contributed by atoms with van der Waals surface area (Å²) in [5.41, 5.74) is 8.73. The molecule has 0 bridgehead atoms. The molecule has 0 aliphatic carbocycles. The van der Waals surface area contributed by atoms with Gasteiger partial charge in [-0.05, 0) is 95.5 Å². The molecule has 2 N–H and O–H groups in total. The van der Waals surface area contributed by atoms with Crippen molar-refractivity contribution in [1.82, 2.24) is 4.98 Å². The summed E-state index contributed by atoms with van der Waals surface area (Å²) in [6.45, 7) is 11.2. The first-order chi connectivity index (χ1) is 18.3. The van der Waals surface area contributed by atoms with E-state index in [-0.39, 0.29) is 18.5 Å². The lowest BCUT2D eigenvalue weighted by atomic mass is 9.97. The predicted octanol–water partition coefficient (Wildman–Crippen LogP) is 6.26. The van der Waals surface area contributed by atoms with Crippen LogP contribution < -0.4 is 10.5 Å². The molecule has 0 saturated carbocycles. The first kappa shape index (κ1) is 30.4. The molecule has 3 aromatic rings. The minimum absolute atomic E-state index is 0.155. The summed E-state index contributed by atoms with van der Waals surface area (Å²) in [6.07, 6.45) is 0.747. The van der Waals surface area contributed by atoms with Crippen LogP contribution in [0.15, 0.2) is 51.4 Å². The van der Waals surface area contributed by atoms with Crippen LogP contribution >= 0.6 is 15.9 Å². The molecule has 0 aliphatic rings. The Kier molecular flexibility index (Phi) is 10.3. The monoisotopic (exact) mass is 600 g/mol. The van der Waals surface area contributed by atoms with Gasteiger partial charge in [0.1, 0.15) is 23.2 Å². The molecule has 1 heterocycles. The Labute approximate surface area is 238 Å². The number of rotatable bonds is 11. The fourth-order valence-electron chi connectivity index (χ4n) is 3.88. The molecular formula is C30H37BrN2O6. The number of ether oxygens (including phenoxy) is 3. The summed E-state index contributed by atoms with van der Waals surface area (Å²) in [7, 11) is 0. The number of aromatic nitrogens is 1. The Morgan fingerprint density at radius 2 is 1.77 bits per heavy atom. The molecule has 1 atom stereocenters. The number of carbonyl (C=O) groups excluding carboxylic acids is 2. The van der Waals surface area contributed by atoms with Crippen molar-refractivity contribution in [2.24, 2.45) is 5.73 Å². The molecule has 0 fully saturated rings. The van der Waals surface area contributed by atoms with Gasteiger partial charge in [-0.1, -0.05) is 22.0 Å². The van der Waals surface area contributed by atoms with Crippen LogP contribution in [-0.2, 0) is 31.9 Å². The molecule has 8 nitrogen and oxygen atoms in total. The minimum Gasteiger partial charge on any atom is -0.493 e. The molecular weight excluding hydrogens is 564 g/mol. The second-order valence-corrected chi connectivity index (χ2v) is 11.5. The Bertz CT molecular complexity index is 1280. The normalized spacial score (nSPS) is 12.3. The maximum absolute atomic E-state index is 12.6. The number of aryl methyl sites for hydroxylation is 2. The number of benzene rings is 2. The SMILES string of the molecule is Cc1oc(-c2ccc(Br)cc2)nc1CCOc1ccc(CCC(=O)OC(C)(C)C)c(C(N)C(=O)OC(C)C)c1. The number of nitrogens with two attached hydrogens (primary N) is 1. The number of esters is 2. The van der Waals surface area contributed by atoms with Crippen LogP contribution in [0.4, 0.5) is 0 Å². The maximum Gasteiger partial charge on any atom is 0.327 e. The average Bonchev–Trinajstić information content (AvgIpc) is 3.21. The van der Waals surface area contributed by atoms with Gasteiger partial charge in [0, 0.05) is 22.9 Å². The maximum atomic E-state index is 12.6. The summed E-state index contributed by atoms with van der Waals surface area (Å²) < 4.78 is 23.6. The molecule has 0 saturated heterocycles. The van der Waals surface area contributed by atoms with E-state index in [1.165, 1.54) is 0 Å². The predicted molar refractivity (Wildman–Crippen MR) is 152 cm³/mol. The van der Waals surface area contributed by atoms with Crippen molar-refractivity contribution in [1.29, 1.82) is 0 Å². The molecule has 0 amide bonds. The third-order valence-electron chi connectivity index (χ3n) is 5.67. The number of nitrogens with zero attached hydrogens (tertiary/aromatic N) is 1. The van der Waals surface area contributed by atoms with Crippen LogP contribution in [0.2, 0.25) is 0 Å². The highest BCUT2D eigenvalue weighted by atomic mass is 79.9. The summed E-state index contributed by atoms with van der Waals surface area (Å²) in [5, 5.41) is 0. The Hall–Kier alpha value is -3.17. The molecule has 0 radical (unpaired) electrons. The van der Waals surface area contributed by atoms with Crippen LogP contribution in [-0.4, -0.2) is 35.2 Å². The zero-order valence-electron chi connectivity index (χ0n) is 23.4. The summed E-state index contributed by atoms with van der Waals surface area (Å²) >= 11 is 3.43. The van der Waals surface area contributed by atoms with E-state index in [1.54, 1.807) is 26.0 Å². The van der Waals surface area contributed by atoms with Crippen molar-refractivity contribution in [2.45, 2.75) is 78.6 Å². The van der Waals surface area contributed by atoms with Gasteiger partial charge < -0.3 is 24.4 Å². The fourth-order valence-corrected chi connectivity index (χ4v) is 4.15. The zero-order valence-corrected chi connectivity index (χ0v) is 25.0. The third kappa shape index (κ3) is 9.21. The third-order valence-corrected chi connectivity index (χ3v) is 6.20. The van der Waals surface area contributed by atoms with E-state index in [4.69, 9.17) is 24.4 Å². The van der Waals surface area contributed by atoms with Crippen molar-refractivity contribution in [3.05, 3.63) is 69.5 Å². The molecule has 39 heavy (non-hydrogen) atoms. The highest BCUT2D eigenvalue weighted by Gasteiger charge is 2.24. The van der Waals surface area contributed by atoms with Gasteiger partial charge in [-0.15, -0.1) is 0 Å². The Morgan fingerprint density at radius 3 is 2.41 bits per heavy atom. The summed E-state index contributed by atoms with van der Waals surface area (Å²) in [6, 6.07) is 12.1. The number of oxazole rings is 1. The van der Waals surface area contributed by atoms with E-state index in [2.05, 4.69) is 20.9 Å². The van der Waals surface area contributed by atoms with Gasteiger partial charge in [-0.2, -0.15) is 0 Å². The van der Waals surface area contributed by atoms with Crippen LogP contribution in [0.3, 0.4) is 0 Å². The van der Waals surface area contributed by atoms with Crippen molar-refractivity contribution < 1.29 is 28.2 Å². The summed E-state index contributed by atoms with van der Waals surface area (Å²) in [4.78, 5) is 29.5. The molecule has 9 heteroatoms. The van der Waals surface area contributed by atoms with Gasteiger partial charge in [0.25, 0.3) is 0 Å². The first-order valence-corrected chi connectivity index (χ1v) is 13.8. The Balaban J connectivity index is 1.72. The van der Waals surface area contributed by atoms with Crippen molar-refractivity contribution in [3.63, 3.8) is 0 Å². The lowest BCUT2D eigenvalue weighted by molar-refractivity contribution is -0.154. The van der Waals surface area contributed by atoms with Gasteiger partial charge >= 0.3 is 11.9 Å². The molecule has 2 aromatic carbocycles. The van der Waals surface area contributed by atoms with Crippen molar-refractivity contribution in [3.8, 4) is 17.2 Å². The lowest BCUT2D eigenvalue weighted by Gasteiger charge is -2.21. The standard InChI is InChI=1S/C30H37BrN2O6/c1-18(2)37-29(35)27(32)24-17-23(13-9-20(24)10-14-26(34)39-30(4,5)6)36-16-15-25-19(3)38-28(33-25)21-7-11-22(31)12-8-21/h7-9,11-13,17-18,27H,10,14-16,32H2,1-6H3. The van der Waals surface area contributed by atoms with E-state index < -0.39 is 17.6 Å². The highest BCUT2D eigenvalue weighted by Crippen LogP contribution is 2.27. The Morgan fingerprint density at radius 1 is 1.08 bits per heavy atom. The summed E-state index contributed by atoms with van der Waals surface area (Å²) in [5.74, 6) is 0.972. The number of hydrogen-bond donors (Lipinski definition) is 1. The number of carbonyl (C=O) groups is 2. The van der Waals surface area contributed by atoms with Crippen LogP contribution in [0.1, 0.15) is 69.7 Å². The van der Waals surface area contributed by atoms with E-state index in [9.17, 15) is 9.59 Å². The smallest absolute Gasteiger partial charge is 0.327 e. The quantitative estimate of drug-likeness (QED) is 0.256. The average molecular weight is 602 g/mol. The fraction of sp³-hybridized carbons (Fsp3) is 0.433. The van der Waals surface area contributed by atoms with Crippen molar-refractivity contribution in [2.75, 3.05) is 6.61 Å². The number of halogens is 1. The molecule has 3 rings (SSSR count). The second kappa shape index (κ2) is 13.3. The molecule has 0 spiro atoms. The van der Waals surface area contributed by atoms with E-state index >= 15 is 0 Å². The van der Waals surface area contributed by atoms with E-state index in [1.807, 2.05) is 58.0 Å². The number of hydrogen-bond acceptors (Lipinski definition) is 8. The van der Waals surface area contributed by atoms with Crippen LogP contribution in [0.25, 0.3) is 11.5 Å². The second-order valence-electron chi connectivity index (χ2n) is 10.5. The highest BCUT2D eigenvalue weighted by molar-refractivity contribution is 9.10. The van der Waals surface area contributed by atoms with Gasteiger partial charge in [0.05, 0.1) is 18.4 Å². The van der Waals surface area contributed by atoms with E-state index in [0.717, 1.165) is 27.1 Å². The molecule has 1 aromatic heterocycles. The van der Waals surface area contributed by atoms with Gasteiger partial charge in [0.2, 0.25) is 5.89 Å². The van der Waals surface area contributed by atoms with Crippen LogP contribution in [0, 0.1) is 6.92 Å². The van der Waals surface area contributed by atoms with Gasteiger partial charge in [0.15, 0.2) is 0 Å². The van der Waals surface area contributed by atoms with Crippen LogP contribution in [0.5, 0.6) is 5.75 Å². The van der Waals surface area contributed by atoms with Crippen molar-refractivity contribution >= 4 is 27.9 Å². The van der Waals surface area contributed by atoms with Gasteiger partial charge in [-0.3, -0.25) is 4.79 Å². The topological polar surface area (TPSA) is 114 Å². The molecule has 1 unspecified atom stereocenters.